The molecule has 9 heteroatoms. The number of benzene rings is 1. The summed E-state index contributed by atoms with van der Waals surface area (Å²) >= 11 is 0. The summed E-state index contributed by atoms with van der Waals surface area (Å²) < 4.78 is 0. The van der Waals surface area contributed by atoms with Crippen LogP contribution < -0.4 is 4.84 Å². The van der Waals surface area contributed by atoms with Crippen molar-refractivity contribution in [3.05, 3.63) is 42.8 Å². The smallest absolute Gasteiger partial charge is 0.316 e. The molecule has 1 aromatic carbocycles. The number of nitro groups is 2. The third-order valence-electron chi connectivity index (χ3n) is 1.78. The average molecular weight is 227 g/mol. The van der Waals surface area contributed by atoms with Crippen LogP contribution in [-0.4, -0.2) is 9.85 Å². The second-order valence-electron chi connectivity index (χ2n) is 2.79. The molecule has 0 fully saturated rings. The van der Waals surface area contributed by atoms with E-state index >= 15 is 0 Å². The van der Waals surface area contributed by atoms with E-state index in [0.717, 1.165) is 6.07 Å². The van der Waals surface area contributed by atoms with Gasteiger partial charge in [-0.2, -0.15) is 0 Å². The van der Waals surface area contributed by atoms with Crippen molar-refractivity contribution in [2.24, 2.45) is 5.34 Å². The van der Waals surface area contributed by atoms with Crippen molar-refractivity contribution < 1.29 is 14.7 Å². The fourth-order valence-corrected chi connectivity index (χ4v) is 1.13. The van der Waals surface area contributed by atoms with Crippen molar-refractivity contribution in [2.75, 3.05) is 0 Å². The van der Waals surface area contributed by atoms with Gasteiger partial charge in [-0.25, -0.2) is 0 Å². The van der Waals surface area contributed by atoms with Gasteiger partial charge in [-0.1, -0.05) is 0 Å². The van der Waals surface area contributed by atoms with Crippen LogP contribution in [0.5, 0.6) is 5.75 Å². The van der Waals surface area contributed by atoms with Gasteiger partial charge in [0.1, 0.15) is 0 Å². The van der Waals surface area contributed by atoms with Gasteiger partial charge in [-0.3, -0.25) is 20.2 Å². The summed E-state index contributed by atoms with van der Waals surface area (Å²) in [7, 11) is 0. The number of rotatable bonds is 4. The molecule has 1 aromatic rings. The Morgan fingerprint density at radius 3 is 2.31 bits per heavy atom. The summed E-state index contributed by atoms with van der Waals surface area (Å²) in [6, 6.07) is 1.75. The highest BCUT2D eigenvalue weighted by molar-refractivity contribution is 5.58. The van der Waals surface area contributed by atoms with Crippen molar-refractivity contribution in [3.63, 3.8) is 0 Å². The molecule has 0 saturated heterocycles. The lowest BCUT2D eigenvalue weighted by Gasteiger charge is -2.01. The van der Waals surface area contributed by atoms with E-state index in [2.05, 4.69) is 10.2 Å². The largest absolute Gasteiger partial charge is 0.321 e. The van der Waals surface area contributed by atoms with Crippen molar-refractivity contribution in [2.45, 2.75) is 6.92 Å². The summed E-state index contributed by atoms with van der Waals surface area (Å²) in [5.74, 6) is -0.398. The van der Waals surface area contributed by atoms with Crippen LogP contribution in [0.1, 0.15) is 5.56 Å². The first-order chi connectivity index (χ1) is 7.47. The first-order valence-electron chi connectivity index (χ1n) is 3.90. The molecule has 0 heterocycles. The number of hydrogen-bond acceptors (Lipinski definition) is 7. The van der Waals surface area contributed by atoms with Gasteiger partial charge in [0.25, 0.3) is 5.69 Å². The lowest BCUT2D eigenvalue weighted by atomic mass is 10.1. The van der Waals surface area contributed by atoms with Gasteiger partial charge < -0.3 is 4.84 Å². The molecule has 0 unspecified atom stereocenters. The van der Waals surface area contributed by atoms with Crippen LogP contribution >= 0.6 is 0 Å². The van der Waals surface area contributed by atoms with Gasteiger partial charge in [0.15, 0.2) is 5.34 Å². The van der Waals surface area contributed by atoms with Gasteiger partial charge in [0.05, 0.1) is 15.9 Å². The highest BCUT2D eigenvalue weighted by atomic mass is 16.7. The van der Waals surface area contributed by atoms with Crippen LogP contribution in [0.15, 0.2) is 17.5 Å². The van der Waals surface area contributed by atoms with Crippen molar-refractivity contribution in [3.8, 4) is 5.75 Å². The second-order valence-corrected chi connectivity index (χ2v) is 2.79. The van der Waals surface area contributed by atoms with Crippen molar-refractivity contribution >= 4 is 11.4 Å². The van der Waals surface area contributed by atoms with E-state index in [-0.39, 0.29) is 5.56 Å². The molecule has 0 aromatic heterocycles. The average Bonchev–Trinajstić information content (AvgIpc) is 2.20. The number of nitrogens with zero attached hydrogens (tertiary/aromatic N) is 3. The van der Waals surface area contributed by atoms with Crippen LogP contribution in [0.3, 0.4) is 0 Å². The Morgan fingerprint density at radius 1 is 1.25 bits per heavy atom. The molecule has 84 valence electrons. The predicted molar refractivity (Wildman–Crippen MR) is 50.9 cm³/mol. The summed E-state index contributed by atoms with van der Waals surface area (Å²) in [5, 5.41) is 23.1. The number of hydrogen-bond donors (Lipinski definition) is 0. The Balaban J connectivity index is 3.44. The Bertz CT molecular complexity index is 471. The molecular weight excluding hydrogens is 222 g/mol. The quantitative estimate of drug-likeness (QED) is 0.439. The van der Waals surface area contributed by atoms with Gasteiger partial charge >= 0.3 is 5.69 Å². The van der Waals surface area contributed by atoms with Crippen LogP contribution in [0.2, 0.25) is 0 Å². The fraction of sp³-hybridized carbons (Fsp3) is 0.143. The maximum atomic E-state index is 10.6. The number of non-ortho nitro benzene ring substituents is 1. The van der Waals surface area contributed by atoms with Gasteiger partial charge in [0.2, 0.25) is 5.75 Å². The van der Waals surface area contributed by atoms with E-state index in [0.29, 0.717) is 6.07 Å². The molecule has 9 nitrogen and oxygen atoms in total. The molecule has 0 aliphatic rings. The summed E-state index contributed by atoms with van der Waals surface area (Å²) in [6.07, 6.45) is 0. The second kappa shape index (κ2) is 4.29. The molecule has 0 radical (unpaired) electrons. The molecule has 0 aliphatic carbocycles. The molecule has 16 heavy (non-hydrogen) atoms. The first-order valence-corrected chi connectivity index (χ1v) is 3.90. The van der Waals surface area contributed by atoms with Gasteiger partial charge in [-0.05, 0) is 6.92 Å². The van der Waals surface area contributed by atoms with Crippen molar-refractivity contribution in [1.82, 2.24) is 0 Å². The molecule has 0 amide bonds. The predicted octanol–water partition coefficient (Wildman–Crippen LogP) is 1.87. The molecule has 1 rings (SSSR count). The Kier molecular flexibility index (Phi) is 3.09. The van der Waals surface area contributed by atoms with Crippen LogP contribution in [0.4, 0.5) is 11.4 Å². The monoisotopic (exact) mass is 227 g/mol. The minimum absolute atomic E-state index is 0.0838. The highest BCUT2D eigenvalue weighted by Gasteiger charge is 2.24. The Labute approximate surface area is 87.9 Å². The van der Waals surface area contributed by atoms with E-state index < -0.39 is 27.0 Å². The lowest BCUT2D eigenvalue weighted by molar-refractivity contribution is -0.394. The normalized spacial score (nSPS) is 9.56. The molecule has 0 bridgehead atoms. The van der Waals surface area contributed by atoms with Crippen molar-refractivity contribution in [1.29, 1.82) is 0 Å². The minimum Gasteiger partial charge on any atom is -0.316 e. The summed E-state index contributed by atoms with van der Waals surface area (Å²) in [6.45, 7) is 1.33. The molecule has 0 spiro atoms. The SMILES string of the molecule is Cc1cc([N+](=O)[O-])cc([N+](=O)[O-])c1ON=O. The van der Waals surface area contributed by atoms with Gasteiger partial charge in [0, 0.05) is 11.6 Å². The lowest BCUT2D eigenvalue weighted by Crippen LogP contribution is -1.98. The van der Waals surface area contributed by atoms with E-state index in [1.54, 1.807) is 0 Å². The molecule has 0 atom stereocenters. The van der Waals surface area contributed by atoms with E-state index in [9.17, 15) is 25.1 Å². The Hall–Kier alpha value is -2.58. The number of aryl methyl sites for hydroxylation is 1. The molecular formula is C7H5N3O6. The van der Waals surface area contributed by atoms with Gasteiger partial charge in [-0.15, -0.1) is 4.91 Å². The summed E-state index contributed by atoms with van der Waals surface area (Å²) in [5.41, 5.74) is -1.05. The maximum Gasteiger partial charge on any atom is 0.321 e. The van der Waals surface area contributed by atoms with Crippen LogP contribution in [-0.2, 0) is 0 Å². The molecule has 0 aliphatic heterocycles. The van der Waals surface area contributed by atoms with E-state index in [4.69, 9.17) is 0 Å². The maximum absolute atomic E-state index is 10.6. The fourth-order valence-electron chi connectivity index (χ4n) is 1.13. The first kappa shape index (κ1) is 11.5. The minimum atomic E-state index is -0.888. The summed E-state index contributed by atoms with van der Waals surface area (Å²) in [4.78, 5) is 33.4. The highest BCUT2D eigenvalue weighted by Crippen LogP contribution is 2.34. The van der Waals surface area contributed by atoms with Crippen LogP contribution in [0, 0.1) is 32.1 Å². The third kappa shape index (κ3) is 2.08. The zero-order valence-electron chi connectivity index (χ0n) is 7.95. The third-order valence-corrected chi connectivity index (χ3v) is 1.78. The Morgan fingerprint density at radius 2 is 1.88 bits per heavy atom. The zero-order valence-corrected chi connectivity index (χ0v) is 7.95. The van der Waals surface area contributed by atoms with E-state index in [1.807, 2.05) is 0 Å². The van der Waals surface area contributed by atoms with Crippen LogP contribution in [0.25, 0.3) is 0 Å². The van der Waals surface area contributed by atoms with E-state index in [1.165, 1.54) is 6.92 Å². The standard InChI is InChI=1S/C7H5N3O6/c1-4-2-5(9(12)13)3-6(10(14)15)7(4)16-8-11/h2-3H,1H3. The zero-order chi connectivity index (χ0) is 12.3. The molecule has 0 saturated carbocycles. The number of nitro benzene ring substituents is 2. The molecule has 0 N–H and O–H groups in total. The topological polar surface area (TPSA) is 125 Å².